The van der Waals surface area contributed by atoms with Crippen molar-refractivity contribution in [2.75, 3.05) is 13.1 Å². The third kappa shape index (κ3) is 3.81. The van der Waals surface area contributed by atoms with Crippen LogP contribution in [0.2, 0.25) is 0 Å². The Bertz CT molecular complexity index is 276. The van der Waals surface area contributed by atoms with Gasteiger partial charge in [-0.2, -0.15) is 0 Å². The predicted octanol–water partition coefficient (Wildman–Crippen LogP) is -0.477. The molecule has 5 heteroatoms. The SMILES string of the molecule is O=C(CCNC1CC1)NCC1CCC(=O)N1. The summed E-state index contributed by atoms with van der Waals surface area (Å²) in [4.78, 5) is 22.3. The van der Waals surface area contributed by atoms with Crippen molar-refractivity contribution in [2.45, 2.75) is 44.2 Å². The molecule has 2 rings (SSSR count). The van der Waals surface area contributed by atoms with Crippen molar-refractivity contribution >= 4 is 11.8 Å². The van der Waals surface area contributed by atoms with E-state index < -0.39 is 0 Å². The number of carbonyl (C=O) groups excluding carboxylic acids is 2. The van der Waals surface area contributed by atoms with Crippen molar-refractivity contribution in [1.82, 2.24) is 16.0 Å². The van der Waals surface area contributed by atoms with Crippen molar-refractivity contribution in [3.8, 4) is 0 Å². The highest BCUT2D eigenvalue weighted by molar-refractivity contribution is 5.79. The van der Waals surface area contributed by atoms with Gasteiger partial charge in [0.05, 0.1) is 0 Å². The molecule has 2 fully saturated rings. The molecule has 1 unspecified atom stereocenters. The van der Waals surface area contributed by atoms with Crippen LogP contribution in [0, 0.1) is 0 Å². The van der Waals surface area contributed by atoms with Gasteiger partial charge in [-0.05, 0) is 19.3 Å². The number of nitrogens with one attached hydrogen (secondary N) is 3. The van der Waals surface area contributed by atoms with Crippen molar-refractivity contribution in [1.29, 1.82) is 0 Å². The molecule has 1 saturated heterocycles. The number of amides is 2. The number of hydrogen-bond donors (Lipinski definition) is 3. The summed E-state index contributed by atoms with van der Waals surface area (Å²) in [6.07, 6.45) is 4.44. The Balaban J connectivity index is 1.51. The van der Waals surface area contributed by atoms with Gasteiger partial charge in [0.25, 0.3) is 0 Å². The van der Waals surface area contributed by atoms with Gasteiger partial charge >= 0.3 is 0 Å². The Kier molecular flexibility index (Phi) is 3.77. The predicted molar refractivity (Wildman–Crippen MR) is 59.8 cm³/mol. The van der Waals surface area contributed by atoms with E-state index in [1.54, 1.807) is 0 Å². The first-order chi connectivity index (χ1) is 7.74. The van der Waals surface area contributed by atoms with Crippen LogP contribution < -0.4 is 16.0 Å². The molecule has 1 aliphatic carbocycles. The van der Waals surface area contributed by atoms with E-state index in [1.165, 1.54) is 12.8 Å². The highest BCUT2D eigenvalue weighted by atomic mass is 16.2. The molecule has 0 spiro atoms. The van der Waals surface area contributed by atoms with Gasteiger partial charge in [0, 0.05) is 38.0 Å². The zero-order chi connectivity index (χ0) is 11.4. The molecular weight excluding hydrogens is 206 g/mol. The Labute approximate surface area is 95.3 Å². The molecule has 0 aromatic heterocycles. The van der Waals surface area contributed by atoms with Crippen LogP contribution >= 0.6 is 0 Å². The van der Waals surface area contributed by atoms with E-state index >= 15 is 0 Å². The van der Waals surface area contributed by atoms with E-state index in [0.717, 1.165) is 13.0 Å². The van der Waals surface area contributed by atoms with Crippen molar-refractivity contribution in [3.05, 3.63) is 0 Å². The molecule has 3 N–H and O–H groups in total. The lowest BCUT2D eigenvalue weighted by Crippen LogP contribution is -2.39. The third-order valence-electron chi connectivity index (χ3n) is 2.99. The van der Waals surface area contributed by atoms with E-state index in [-0.39, 0.29) is 17.9 Å². The molecule has 1 heterocycles. The van der Waals surface area contributed by atoms with Crippen LogP contribution in [-0.4, -0.2) is 37.0 Å². The summed E-state index contributed by atoms with van der Waals surface area (Å²) in [7, 11) is 0. The highest BCUT2D eigenvalue weighted by Crippen LogP contribution is 2.18. The zero-order valence-electron chi connectivity index (χ0n) is 9.42. The normalized spacial score (nSPS) is 24.2. The monoisotopic (exact) mass is 225 g/mol. The van der Waals surface area contributed by atoms with Crippen molar-refractivity contribution in [2.24, 2.45) is 0 Å². The van der Waals surface area contributed by atoms with E-state index in [4.69, 9.17) is 0 Å². The second kappa shape index (κ2) is 5.30. The Morgan fingerprint density at radius 2 is 2.19 bits per heavy atom. The fourth-order valence-electron chi connectivity index (χ4n) is 1.83. The van der Waals surface area contributed by atoms with E-state index in [9.17, 15) is 9.59 Å². The van der Waals surface area contributed by atoms with E-state index in [2.05, 4.69) is 16.0 Å². The van der Waals surface area contributed by atoms with Crippen LogP contribution in [0.15, 0.2) is 0 Å². The van der Waals surface area contributed by atoms with Crippen molar-refractivity contribution < 1.29 is 9.59 Å². The van der Waals surface area contributed by atoms with Crippen LogP contribution in [0.3, 0.4) is 0 Å². The maximum absolute atomic E-state index is 11.4. The van der Waals surface area contributed by atoms with Crippen LogP contribution in [0.4, 0.5) is 0 Å². The van der Waals surface area contributed by atoms with Gasteiger partial charge in [-0.25, -0.2) is 0 Å². The Morgan fingerprint density at radius 3 is 2.81 bits per heavy atom. The van der Waals surface area contributed by atoms with E-state index in [1.807, 2.05) is 0 Å². The van der Waals surface area contributed by atoms with Gasteiger partial charge in [0.1, 0.15) is 0 Å². The Morgan fingerprint density at radius 1 is 1.38 bits per heavy atom. The lowest BCUT2D eigenvalue weighted by atomic mass is 10.2. The molecule has 2 amide bonds. The third-order valence-corrected chi connectivity index (χ3v) is 2.99. The molecule has 0 aromatic rings. The molecule has 0 bridgehead atoms. The molecule has 0 radical (unpaired) electrons. The molecule has 1 saturated carbocycles. The van der Waals surface area contributed by atoms with Crippen LogP contribution in [0.5, 0.6) is 0 Å². The van der Waals surface area contributed by atoms with Gasteiger partial charge in [-0.3, -0.25) is 9.59 Å². The van der Waals surface area contributed by atoms with Crippen LogP contribution in [0.1, 0.15) is 32.1 Å². The zero-order valence-corrected chi connectivity index (χ0v) is 9.42. The van der Waals surface area contributed by atoms with Gasteiger partial charge in [-0.15, -0.1) is 0 Å². The van der Waals surface area contributed by atoms with Gasteiger partial charge in [0.15, 0.2) is 0 Å². The second-order valence-corrected chi connectivity index (χ2v) is 4.59. The average molecular weight is 225 g/mol. The fraction of sp³-hybridized carbons (Fsp3) is 0.818. The summed E-state index contributed by atoms with van der Waals surface area (Å²) in [6.45, 7) is 1.32. The summed E-state index contributed by atoms with van der Waals surface area (Å²) >= 11 is 0. The minimum absolute atomic E-state index is 0.0642. The largest absolute Gasteiger partial charge is 0.354 e. The number of hydrogen-bond acceptors (Lipinski definition) is 3. The van der Waals surface area contributed by atoms with Gasteiger partial charge in [-0.1, -0.05) is 0 Å². The quantitative estimate of drug-likeness (QED) is 0.572. The maximum atomic E-state index is 11.4. The minimum Gasteiger partial charge on any atom is -0.354 e. The summed E-state index contributed by atoms with van der Waals surface area (Å²) in [5.41, 5.74) is 0. The topological polar surface area (TPSA) is 70.2 Å². The van der Waals surface area contributed by atoms with Gasteiger partial charge in [0.2, 0.25) is 11.8 Å². The van der Waals surface area contributed by atoms with Gasteiger partial charge < -0.3 is 16.0 Å². The smallest absolute Gasteiger partial charge is 0.221 e. The fourth-order valence-corrected chi connectivity index (χ4v) is 1.83. The second-order valence-electron chi connectivity index (χ2n) is 4.59. The molecule has 2 aliphatic rings. The molecule has 0 aromatic carbocycles. The number of rotatable bonds is 6. The molecular formula is C11H19N3O2. The van der Waals surface area contributed by atoms with Crippen LogP contribution in [0.25, 0.3) is 0 Å². The lowest BCUT2D eigenvalue weighted by molar-refractivity contribution is -0.122. The minimum atomic E-state index is 0.0642. The maximum Gasteiger partial charge on any atom is 0.221 e. The number of carbonyl (C=O) groups is 2. The highest BCUT2D eigenvalue weighted by Gasteiger charge is 2.22. The first kappa shape index (κ1) is 11.4. The first-order valence-corrected chi connectivity index (χ1v) is 6.03. The summed E-state index contributed by atoms with van der Waals surface area (Å²) in [5.74, 6) is 0.156. The molecule has 16 heavy (non-hydrogen) atoms. The average Bonchev–Trinajstić information content (AvgIpc) is 2.98. The molecule has 90 valence electrons. The summed E-state index contributed by atoms with van der Waals surface area (Å²) in [6, 6.07) is 0.787. The van der Waals surface area contributed by atoms with Crippen LogP contribution in [-0.2, 0) is 9.59 Å². The molecule has 5 nitrogen and oxygen atoms in total. The van der Waals surface area contributed by atoms with E-state index in [0.29, 0.717) is 25.4 Å². The molecule has 1 atom stereocenters. The lowest BCUT2D eigenvalue weighted by Gasteiger charge is -2.11. The Hall–Kier alpha value is -1.10. The van der Waals surface area contributed by atoms with Crippen molar-refractivity contribution in [3.63, 3.8) is 0 Å². The summed E-state index contributed by atoms with van der Waals surface area (Å²) in [5, 5.41) is 8.96. The molecule has 1 aliphatic heterocycles. The standard InChI is InChI=1S/C11H19N3O2/c15-10(5-6-12-8-1-2-8)13-7-9-3-4-11(16)14-9/h8-9,12H,1-7H2,(H,13,15)(H,14,16). The summed E-state index contributed by atoms with van der Waals surface area (Å²) < 4.78 is 0. The first-order valence-electron chi connectivity index (χ1n) is 6.03.